The molecule has 0 bridgehead atoms. The minimum absolute atomic E-state index is 0.0136. The lowest BCUT2D eigenvalue weighted by atomic mass is 9.99. The average Bonchev–Trinajstić information content (AvgIpc) is 3.05. The van der Waals surface area contributed by atoms with Crippen LogP contribution in [-0.4, -0.2) is 43.0 Å². The molecule has 1 atom stereocenters. The van der Waals surface area contributed by atoms with Crippen molar-refractivity contribution in [3.05, 3.63) is 59.7 Å². The van der Waals surface area contributed by atoms with Gasteiger partial charge in [-0.05, 0) is 48.6 Å². The molecule has 5 heteroatoms. The molecule has 3 rings (SSSR count). The average molecular weight is 327 g/mol. The summed E-state index contributed by atoms with van der Waals surface area (Å²) in [6.07, 6.45) is 3.51. The number of aromatic nitrogens is 1. The van der Waals surface area contributed by atoms with E-state index in [0.717, 1.165) is 37.2 Å². The predicted molar refractivity (Wildman–Crippen MR) is 92.7 cm³/mol. The van der Waals surface area contributed by atoms with Gasteiger partial charge in [-0.25, -0.2) is 4.39 Å². The highest BCUT2D eigenvalue weighted by Gasteiger charge is 2.27. The Balaban J connectivity index is 1.63. The Morgan fingerprint density at radius 1 is 1.29 bits per heavy atom. The largest absolute Gasteiger partial charge is 0.378 e. The van der Waals surface area contributed by atoms with Crippen molar-refractivity contribution >= 4 is 11.6 Å². The first-order valence-corrected chi connectivity index (χ1v) is 8.20. The summed E-state index contributed by atoms with van der Waals surface area (Å²) in [5.41, 5.74) is 2.57. The molecular weight excluding hydrogens is 305 g/mol. The number of benzene rings is 1. The van der Waals surface area contributed by atoms with Crippen molar-refractivity contribution in [2.75, 3.05) is 32.1 Å². The van der Waals surface area contributed by atoms with Crippen LogP contribution < -0.4 is 4.90 Å². The SMILES string of the molecule is CN(C)c1ccnc(C(=O)N2CCC(Cc3ccc(F)cc3)C2)c1. The topological polar surface area (TPSA) is 36.4 Å². The third kappa shape index (κ3) is 3.72. The monoisotopic (exact) mass is 327 g/mol. The van der Waals surface area contributed by atoms with E-state index < -0.39 is 0 Å². The van der Waals surface area contributed by atoms with E-state index in [4.69, 9.17) is 0 Å². The summed E-state index contributed by atoms with van der Waals surface area (Å²) < 4.78 is 13.0. The lowest BCUT2D eigenvalue weighted by Gasteiger charge is -2.18. The Hall–Kier alpha value is -2.43. The van der Waals surface area contributed by atoms with Crippen molar-refractivity contribution in [1.29, 1.82) is 0 Å². The lowest BCUT2D eigenvalue weighted by Crippen LogP contribution is -2.29. The number of amides is 1. The molecule has 0 spiro atoms. The minimum Gasteiger partial charge on any atom is -0.378 e. The molecule has 1 aromatic heterocycles. The number of hydrogen-bond acceptors (Lipinski definition) is 3. The van der Waals surface area contributed by atoms with E-state index in [1.807, 2.05) is 48.2 Å². The number of hydrogen-bond donors (Lipinski definition) is 0. The number of nitrogens with zero attached hydrogens (tertiary/aromatic N) is 3. The van der Waals surface area contributed by atoms with Crippen molar-refractivity contribution in [2.24, 2.45) is 5.92 Å². The number of rotatable bonds is 4. The number of carbonyl (C=O) groups is 1. The van der Waals surface area contributed by atoms with Crippen LogP contribution in [0.3, 0.4) is 0 Å². The molecule has 2 aromatic rings. The fourth-order valence-corrected chi connectivity index (χ4v) is 3.11. The van der Waals surface area contributed by atoms with Crippen LogP contribution in [0.15, 0.2) is 42.6 Å². The normalized spacial score (nSPS) is 17.1. The molecule has 0 radical (unpaired) electrons. The Morgan fingerprint density at radius 2 is 2.04 bits per heavy atom. The molecule has 1 fully saturated rings. The highest BCUT2D eigenvalue weighted by Crippen LogP contribution is 2.23. The summed E-state index contributed by atoms with van der Waals surface area (Å²) in [4.78, 5) is 20.7. The van der Waals surface area contributed by atoms with Gasteiger partial charge in [0.25, 0.3) is 5.91 Å². The zero-order valence-electron chi connectivity index (χ0n) is 14.1. The van der Waals surface area contributed by atoms with Gasteiger partial charge >= 0.3 is 0 Å². The van der Waals surface area contributed by atoms with Gasteiger partial charge in [0.15, 0.2) is 0 Å². The summed E-state index contributed by atoms with van der Waals surface area (Å²) >= 11 is 0. The first kappa shape index (κ1) is 16.4. The van der Waals surface area contributed by atoms with E-state index in [0.29, 0.717) is 11.6 Å². The fourth-order valence-electron chi connectivity index (χ4n) is 3.11. The number of anilines is 1. The molecule has 2 heterocycles. The fraction of sp³-hybridized carbons (Fsp3) is 0.368. The molecule has 1 saturated heterocycles. The molecule has 1 aliphatic heterocycles. The van der Waals surface area contributed by atoms with Crippen molar-refractivity contribution in [3.8, 4) is 0 Å². The minimum atomic E-state index is -0.214. The van der Waals surface area contributed by atoms with Crippen molar-refractivity contribution in [3.63, 3.8) is 0 Å². The molecule has 0 saturated carbocycles. The highest BCUT2D eigenvalue weighted by atomic mass is 19.1. The van der Waals surface area contributed by atoms with Crippen LogP contribution in [0.25, 0.3) is 0 Å². The van der Waals surface area contributed by atoms with E-state index >= 15 is 0 Å². The smallest absolute Gasteiger partial charge is 0.272 e. The Kier molecular flexibility index (Phi) is 4.79. The molecule has 1 aromatic carbocycles. The molecule has 1 unspecified atom stereocenters. The Bertz CT molecular complexity index is 715. The summed E-state index contributed by atoms with van der Waals surface area (Å²) in [5, 5.41) is 0. The molecule has 0 N–H and O–H groups in total. The molecule has 0 aliphatic carbocycles. The van der Waals surface area contributed by atoms with Gasteiger partial charge in [0.05, 0.1) is 0 Å². The summed E-state index contributed by atoms with van der Waals surface area (Å²) in [7, 11) is 3.89. The number of halogens is 1. The Morgan fingerprint density at radius 3 is 2.75 bits per heavy atom. The van der Waals surface area contributed by atoms with Crippen molar-refractivity contribution < 1.29 is 9.18 Å². The van der Waals surface area contributed by atoms with Crippen LogP contribution in [0.4, 0.5) is 10.1 Å². The second-order valence-corrected chi connectivity index (χ2v) is 6.53. The second-order valence-electron chi connectivity index (χ2n) is 6.53. The number of carbonyl (C=O) groups excluding carboxylic acids is 1. The van der Waals surface area contributed by atoms with E-state index in [2.05, 4.69) is 4.98 Å². The molecule has 1 amide bonds. The molecule has 126 valence electrons. The van der Waals surface area contributed by atoms with E-state index in [9.17, 15) is 9.18 Å². The van der Waals surface area contributed by atoms with Crippen LogP contribution in [0.2, 0.25) is 0 Å². The van der Waals surface area contributed by atoms with Crippen LogP contribution in [0.5, 0.6) is 0 Å². The molecular formula is C19H22FN3O. The van der Waals surface area contributed by atoms with Crippen LogP contribution in [-0.2, 0) is 6.42 Å². The predicted octanol–water partition coefficient (Wildman–Crippen LogP) is 2.99. The van der Waals surface area contributed by atoms with Gasteiger partial charge in [-0.3, -0.25) is 9.78 Å². The van der Waals surface area contributed by atoms with Gasteiger partial charge in [-0.2, -0.15) is 0 Å². The quantitative estimate of drug-likeness (QED) is 0.866. The third-order valence-corrected chi connectivity index (χ3v) is 4.49. The van der Waals surface area contributed by atoms with Gasteiger partial charge in [0, 0.05) is 39.1 Å². The van der Waals surface area contributed by atoms with E-state index in [-0.39, 0.29) is 11.7 Å². The summed E-state index contributed by atoms with van der Waals surface area (Å²) in [6, 6.07) is 10.3. The molecule has 4 nitrogen and oxygen atoms in total. The molecule has 24 heavy (non-hydrogen) atoms. The van der Waals surface area contributed by atoms with E-state index in [1.54, 1.807) is 6.20 Å². The van der Waals surface area contributed by atoms with E-state index in [1.165, 1.54) is 12.1 Å². The zero-order chi connectivity index (χ0) is 17.1. The first-order chi connectivity index (χ1) is 11.5. The Labute approximate surface area is 141 Å². The van der Waals surface area contributed by atoms with Gasteiger partial charge in [-0.1, -0.05) is 12.1 Å². The van der Waals surface area contributed by atoms with Gasteiger partial charge in [0.1, 0.15) is 11.5 Å². The maximum Gasteiger partial charge on any atom is 0.272 e. The number of likely N-dealkylation sites (tertiary alicyclic amines) is 1. The first-order valence-electron chi connectivity index (χ1n) is 8.20. The van der Waals surface area contributed by atoms with Crippen LogP contribution in [0.1, 0.15) is 22.5 Å². The lowest BCUT2D eigenvalue weighted by molar-refractivity contribution is 0.0781. The summed E-state index contributed by atoms with van der Waals surface area (Å²) in [5.74, 6) is 0.186. The zero-order valence-corrected chi connectivity index (χ0v) is 14.1. The summed E-state index contributed by atoms with van der Waals surface area (Å²) in [6.45, 7) is 1.47. The van der Waals surface area contributed by atoms with Crippen LogP contribution in [0, 0.1) is 11.7 Å². The van der Waals surface area contributed by atoms with Gasteiger partial charge in [0.2, 0.25) is 0 Å². The maximum atomic E-state index is 13.0. The second kappa shape index (κ2) is 6.99. The third-order valence-electron chi connectivity index (χ3n) is 4.49. The molecule has 1 aliphatic rings. The van der Waals surface area contributed by atoms with Crippen LogP contribution >= 0.6 is 0 Å². The maximum absolute atomic E-state index is 13.0. The number of pyridine rings is 1. The van der Waals surface area contributed by atoms with Gasteiger partial charge < -0.3 is 9.80 Å². The van der Waals surface area contributed by atoms with Crippen molar-refractivity contribution in [2.45, 2.75) is 12.8 Å². The van der Waals surface area contributed by atoms with Crippen molar-refractivity contribution in [1.82, 2.24) is 9.88 Å². The standard InChI is InChI=1S/C19H22FN3O/c1-22(2)17-7-9-21-18(12-17)19(24)23-10-8-15(13-23)11-14-3-5-16(20)6-4-14/h3-7,9,12,15H,8,10-11,13H2,1-2H3. The highest BCUT2D eigenvalue weighted by molar-refractivity contribution is 5.93. The van der Waals surface area contributed by atoms with Gasteiger partial charge in [-0.15, -0.1) is 0 Å².